The number of benzene rings is 10. The van der Waals surface area contributed by atoms with E-state index < -0.39 is 0 Å². The second-order valence-corrected chi connectivity index (χ2v) is 14.3. The van der Waals surface area contributed by atoms with E-state index in [1.807, 2.05) is 0 Å². The zero-order valence-electron chi connectivity index (χ0n) is 29.1. The summed E-state index contributed by atoms with van der Waals surface area (Å²) in [6, 6.07) is 65.6. The summed E-state index contributed by atoms with van der Waals surface area (Å²) in [6.45, 7) is 0. The zero-order valence-corrected chi connectivity index (χ0v) is 29.1. The van der Waals surface area contributed by atoms with E-state index in [0.29, 0.717) is 0 Å². The van der Waals surface area contributed by atoms with E-state index in [1.54, 1.807) is 0 Å². The van der Waals surface area contributed by atoms with Gasteiger partial charge < -0.3 is 8.83 Å². The lowest BCUT2D eigenvalue weighted by Gasteiger charge is -2.19. The van der Waals surface area contributed by atoms with Crippen molar-refractivity contribution < 1.29 is 8.83 Å². The third-order valence-corrected chi connectivity index (χ3v) is 11.5. The van der Waals surface area contributed by atoms with Crippen LogP contribution in [-0.4, -0.2) is 0 Å². The quantitative estimate of drug-likeness (QED) is 0.173. The van der Waals surface area contributed by atoms with Crippen LogP contribution in [0.5, 0.6) is 0 Å². The normalized spacial score (nSPS) is 12.1. The van der Waals surface area contributed by atoms with Crippen molar-refractivity contribution in [2.75, 3.05) is 0 Å². The summed E-state index contributed by atoms with van der Waals surface area (Å²) in [4.78, 5) is 0. The SMILES string of the molecule is c1ccc2c(-c3c4ccccc4c(-c4ccc(-c5ccc6c(c5)oc5c6ccc6oc7ccc8ccccc8c7c65)cc4)c4ccccc34)cccc2c1. The summed E-state index contributed by atoms with van der Waals surface area (Å²) in [5.41, 5.74) is 10.7. The Hall–Kier alpha value is -7.16. The Morgan fingerprint density at radius 1 is 0.278 bits per heavy atom. The zero-order chi connectivity index (χ0) is 35.3. The lowest BCUT2D eigenvalue weighted by molar-refractivity contribution is 0.663. The monoisotopic (exact) mass is 686 g/mol. The van der Waals surface area contributed by atoms with Gasteiger partial charge in [0.15, 0.2) is 0 Å². The van der Waals surface area contributed by atoms with Crippen molar-refractivity contribution in [2.45, 2.75) is 0 Å². The fourth-order valence-electron chi connectivity index (χ4n) is 9.04. The minimum Gasteiger partial charge on any atom is -0.456 e. The van der Waals surface area contributed by atoms with E-state index in [0.717, 1.165) is 55.0 Å². The number of hydrogen-bond donors (Lipinski definition) is 0. The van der Waals surface area contributed by atoms with E-state index in [-0.39, 0.29) is 0 Å². The van der Waals surface area contributed by atoms with Crippen molar-refractivity contribution in [3.05, 3.63) is 182 Å². The molecule has 0 amide bonds. The molecular formula is C52H30O2. The molecule has 12 aromatic rings. The largest absolute Gasteiger partial charge is 0.456 e. The van der Waals surface area contributed by atoms with Crippen molar-refractivity contribution in [2.24, 2.45) is 0 Å². The second-order valence-electron chi connectivity index (χ2n) is 14.3. The maximum Gasteiger partial charge on any atom is 0.147 e. The van der Waals surface area contributed by atoms with Crippen LogP contribution in [0.4, 0.5) is 0 Å². The summed E-state index contributed by atoms with van der Waals surface area (Å²) in [5.74, 6) is 0. The third-order valence-electron chi connectivity index (χ3n) is 11.5. The molecule has 0 aliphatic rings. The number of fused-ring (bicyclic) bond motifs is 12. The van der Waals surface area contributed by atoms with Crippen molar-refractivity contribution in [3.8, 4) is 33.4 Å². The average molecular weight is 687 g/mol. The summed E-state index contributed by atoms with van der Waals surface area (Å²) >= 11 is 0. The average Bonchev–Trinajstić information content (AvgIpc) is 3.81. The molecule has 0 fully saturated rings. The first-order chi connectivity index (χ1) is 26.8. The predicted octanol–water partition coefficient (Wildman–Crippen LogP) is 15.1. The lowest BCUT2D eigenvalue weighted by atomic mass is 9.84. The molecule has 12 rings (SSSR count). The molecule has 2 heterocycles. The lowest BCUT2D eigenvalue weighted by Crippen LogP contribution is -1.91. The van der Waals surface area contributed by atoms with Gasteiger partial charge in [-0.1, -0.05) is 152 Å². The van der Waals surface area contributed by atoms with Crippen LogP contribution in [0.3, 0.4) is 0 Å². The highest BCUT2D eigenvalue weighted by molar-refractivity contribution is 6.28. The highest BCUT2D eigenvalue weighted by Crippen LogP contribution is 2.46. The smallest absolute Gasteiger partial charge is 0.147 e. The Balaban J connectivity index is 1.01. The summed E-state index contributed by atoms with van der Waals surface area (Å²) in [5, 5.41) is 14.2. The van der Waals surface area contributed by atoms with Crippen LogP contribution >= 0.6 is 0 Å². The van der Waals surface area contributed by atoms with Gasteiger partial charge in [-0.15, -0.1) is 0 Å². The molecule has 0 saturated heterocycles. The van der Waals surface area contributed by atoms with E-state index in [9.17, 15) is 0 Å². The number of hydrogen-bond acceptors (Lipinski definition) is 2. The van der Waals surface area contributed by atoms with E-state index in [2.05, 4.69) is 182 Å². The molecule has 0 radical (unpaired) electrons. The van der Waals surface area contributed by atoms with Crippen LogP contribution in [0.2, 0.25) is 0 Å². The molecule has 2 nitrogen and oxygen atoms in total. The highest BCUT2D eigenvalue weighted by Gasteiger charge is 2.20. The summed E-state index contributed by atoms with van der Waals surface area (Å²) in [6.07, 6.45) is 0. The Morgan fingerprint density at radius 2 is 0.815 bits per heavy atom. The van der Waals surface area contributed by atoms with Gasteiger partial charge in [0.1, 0.15) is 22.3 Å². The predicted molar refractivity (Wildman–Crippen MR) is 227 cm³/mol. The van der Waals surface area contributed by atoms with Gasteiger partial charge in [-0.25, -0.2) is 0 Å². The molecule has 0 unspecified atom stereocenters. The summed E-state index contributed by atoms with van der Waals surface area (Å²) < 4.78 is 13.1. The van der Waals surface area contributed by atoms with Crippen LogP contribution in [0, 0.1) is 0 Å². The van der Waals surface area contributed by atoms with Crippen molar-refractivity contribution >= 4 is 87.0 Å². The second kappa shape index (κ2) is 11.2. The number of rotatable bonds is 3. The standard InChI is InChI=1S/C52H30O2/c1-3-13-36-32(10-1)12-9-19-39(36)49-42-17-7-5-15-40(42)48(41-16-6-8-18-43(41)49)34-22-20-31(21-23-34)35-24-26-38-44-27-29-46-51(52(44)54-47(38)30-35)50-37-14-4-2-11-33(37)25-28-45(50)53-46/h1-30H. The maximum atomic E-state index is 6.75. The molecule has 0 N–H and O–H groups in total. The van der Waals surface area contributed by atoms with Crippen LogP contribution in [-0.2, 0) is 0 Å². The van der Waals surface area contributed by atoms with Crippen LogP contribution in [0.1, 0.15) is 0 Å². The van der Waals surface area contributed by atoms with E-state index in [1.165, 1.54) is 65.3 Å². The first-order valence-corrected chi connectivity index (χ1v) is 18.5. The minimum absolute atomic E-state index is 0.842. The minimum atomic E-state index is 0.842. The number of furan rings is 2. The third kappa shape index (κ3) is 4.17. The Kier molecular flexibility index (Phi) is 6.09. The molecule has 0 atom stereocenters. The van der Waals surface area contributed by atoms with Gasteiger partial charge in [0, 0.05) is 16.2 Å². The molecule has 0 bridgehead atoms. The summed E-state index contributed by atoms with van der Waals surface area (Å²) in [7, 11) is 0. The van der Waals surface area contributed by atoms with Crippen LogP contribution in [0.15, 0.2) is 191 Å². The molecule has 250 valence electrons. The van der Waals surface area contributed by atoms with E-state index in [4.69, 9.17) is 8.83 Å². The molecule has 54 heavy (non-hydrogen) atoms. The fraction of sp³-hybridized carbons (Fsp3) is 0. The Bertz CT molecular complexity index is 3430. The molecule has 2 heteroatoms. The van der Waals surface area contributed by atoms with Gasteiger partial charge in [0.2, 0.25) is 0 Å². The molecule has 0 spiro atoms. The van der Waals surface area contributed by atoms with Crippen LogP contribution < -0.4 is 0 Å². The Labute approximate surface area is 310 Å². The highest BCUT2D eigenvalue weighted by atomic mass is 16.3. The maximum absolute atomic E-state index is 6.75. The fourth-order valence-corrected chi connectivity index (χ4v) is 9.04. The first-order valence-electron chi connectivity index (χ1n) is 18.5. The van der Waals surface area contributed by atoms with Gasteiger partial charge in [0.05, 0.1) is 5.39 Å². The van der Waals surface area contributed by atoms with Gasteiger partial charge in [-0.2, -0.15) is 0 Å². The van der Waals surface area contributed by atoms with Gasteiger partial charge >= 0.3 is 0 Å². The van der Waals surface area contributed by atoms with E-state index >= 15 is 0 Å². The molecule has 0 aliphatic carbocycles. The van der Waals surface area contributed by atoms with Crippen molar-refractivity contribution in [1.29, 1.82) is 0 Å². The first kappa shape index (κ1) is 29.4. The van der Waals surface area contributed by atoms with Crippen molar-refractivity contribution in [1.82, 2.24) is 0 Å². The van der Waals surface area contributed by atoms with Crippen molar-refractivity contribution in [3.63, 3.8) is 0 Å². The molecule has 0 aliphatic heterocycles. The Morgan fingerprint density at radius 3 is 1.56 bits per heavy atom. The molecule has 0 saturated carbocycles. The van der Waals surface area contributed by atoms with Crippen LogP contribution in [0.25, 0.3) is 120 Å². The topological polar surface area (TPSA) is 26.3 Å². The van der Waals surface area contributed by atoms with Gasteiger partial charge in [-0.3, -0.25) is 0 Å². The van der Waals surface area contributed by atoms with Gasteiger partial charge in [0.25, 0.3) is 0 Å². The molecule has 2 aromatic heterocycles. The van der Waals surface area contributed by atoms with Gasteiger partial charge in [-0.05, 0) is 107 Å². The molecule has 10 aromatic carbocycles. The molecular weight excluding hydrogens is 657 g/mol.